The highest BCUT2D eigenvalue weighted by Crippen LogP contribution is 2.31. The number of rotatable bonds is 2. The lowest BCUT2D eigenvalue weighted by atomic mass is 9.97. The molecule has 2 N–H and O–H groups in total. The van der Waals surface area contributed by atoms with Crippen molar-refractivity contribution >= 4 is 54.1 Å². The number of hydrogen-bond acceptors (Lipinski definition) is 2. The Labute approximate surface area is 139 Å². The number of nitrogens with two attached hydrogens (primary N) is 1. The van der Waals surface area contributed by atoms with Crippen molar-refractivity contribution in [3.8, 4) is 0 Å². The Balaban J connectivity index is 2.23. The van der Waals surface area contributed by atoms with Crippen LogP contribution in [-0.2, 0) is 0 Å². The van der Waals surface area contributed by atoms with E-state index in [1.807, 2.05) is 36.4 Å². The van der Waals surface area contributed by atoms with Gasteiger partial charge in [0.25, 0.3) is 0 Å². The zero-order valence-electron chi connectivity index (χ0n) is 10.9. The van der Waals surface area contributed by atoms with Crippen LogP contribution in [0.1, 0.15) is 15.9 Å². The summed E-state index contributed by atoms with van der Waals surface area (Å²) in [5, 5.41) is 1.94. The first-order chi connectivity index (χ1) is 10.1. The van der Waals surface area contributed by atoms with Crippen LogP contribution in [0.15, 0.2) is 63.5 Å². The lowest BCUT2D eigenvalue weighted by Gasteiger charge is -2.10. The number of carbonyl (C=O) groups is 1. The summed E-state index contributed by atoms with van der Waals surface area (Å²) in [5.41, 5.74) is 7.66. The van der Waals surface area contributed by atoms with Crippen molar-refractivity contribution in [3.05, 3.63) is 74.7 Å². The van der Waals surface area contributed by atoms with Gasteiger partial charge in [-0.3, -0.25) is 4.79 Å². The van der Waals surface area contributed by atoms with Crippen molar-refractivity contribution in [2.75, 3.05) is 5.73 Å². The number of carbonyl (C=O) groups excluding carboxylic acids is 1. The van der Waals surface area contributed by atoms with Crippen LogP contribution < -0.4 is 5.73 Å². The number of fused-ring (bicyclic) bond motifs is 1. The summed E-state index contributed by atoms with van der Waals surface area (Å²) in [4.78, 5) is 12.8. The molecule has 3 aromatic carbocycles. The van der Waals surface area contributed by atoms with Crippen LogP contribution in [0.5, 0.6) is 0 Å². The molecule has 0 saturated heterocycles. The van der Waals surface area contributed by atoms with Gasteiger partial charge in [0.1, 0.15) is 0 Å². The van der Waals surface area contributed by atoms with Gasteiger partial charge in [-0.2, -0.15) is 0 Å². The molecular formula is C17H11Br2NO. The molecule has 0 atom stereocenters. The first-order valence-corrected chi connectivity index (χ1v) is 7.94. The van der Waals surface area contributed by atoms with Gasteiger partial charge in [0.05, 0.1) is 4.47 Å². The molecule has 3 rings (SSSR count). The Morgan fingerprint density at radius 1 is 0.810 bits per heavy atom. The molecule has 0 saturated carbocycles. The van der Waals surface area contributed by atoms with Gasteiger partial charge in [0.2, 0.25) is 0 Å². The van der Waals surface area contributed by atoms with E-state index in [4.69, 9.17) is 5.73 Å². The monoisotopic (exact) mass is 403 g/mol. The quantitative estimate of drug-likeness (QED) is 0.472. The Morgan fingerprint density at radius 2 is 1.52 bits per heavy atom. The van der Waals surface area contributed by atoms with Gasteiger partial charge in [0.15, 0.2) is 5.78 Å². The van der Waals surface area contributed by atoms with E-state index in [0.717, 1.165) is 15.2 Å². The maximum Gasteiger partial charge on any atom is 0.194 e. The average Bonchev–Trinajstić information content (AvgIpc) is 2.50. The molecule has 0 heterocycles. The Kier molecular flexibility index (Phi) is 3.83. The third kappa shape index (κ3) is 2.49. The molecule has 0 aliphatic carbocycles. The van der Waals surface area contributed by atoms with E-state index in [1.54, 1.807) is 18.2 Å². The molecular weight excluding hydrogens is 394 g/mol. The predicted octanol–water partition coefficient (Wildman–Crippen LogP) is 5.18. The second-order valence-electron chi connectivity index (χ2n) is 4.68. The van der Waals surface area contributed by atoms with E-state index in [9.17, 15) is 4.79 Å². The number of hydrogen-bond donors (Lipinski definition) is 1. The molecule has 0 fully saturated rings. The number of ketones is 1. The highest BCUT2D eigenvalue weighted by Gasteiger charge is 2.17. The van der Waals surface area contributed by atoms with E-state index in [1.165, 1.54) is 0 Å². The smallest absolute Gasteiger partial charge is 0.194 e. The SMILES string of the molecule is Nc1cccc(C(=O)c2ccc(Br)c3ccccc23)c1Br. The van der Waals surface area contributed by atoms with Crippen LogP contribution in [0.25, 0.3) is 10.8 Å². The second-order valence-corrected chi connectivity index (χ2v) is 6.33. The van der Waals surface area contributed by atoms with E-state index >= 15 is 0 Å². The molecule has 3 aromatic rings. The first-order valence-electron chi connectivity index (χ1n) is 6.35. The Bertz CT molecular complexity index is 859. The van der Waals surface area contributed by atoms with Gasteiger partial charge in [-0.25, -0.2) is 0 Å². The second kappa shape index (κ2) is 5.62. The van der Waals surface area contributed by atoms with Gasteiger partial charge >= 0.3 is 0 Å². The summed E-state index contributed by atoms with van der Waals surface area (Å²) in [7, 11) is 0. The summed E-state index contributed by atoms with van der Waals surface area (Å²) in [6.45, 7) is 0. The molecule has 0 unspecified atom stereocenters. The average molecular weight is 405 g/mol. The van der Waals surface area contributed by atoms with E-state index in [2.05, 4.69) is 31.9 Å². The van der Waals surface area contributed by atoms with E-state index < -0.39 is 0 Å². The van der Waals surface area contributed by atoms with E-state index in [-0.39, 0.29) is 5.78 Å². The number of benzene rings is 3. The topological polar surface area (TPSA) is 43.1 Å². The third-order valence-electron chi connectivity index (χ3n) is 3.39. The van der Waals surface area contributed by atoms with Crippen LogP contribution in [-0.4, -0.2) is 5.78 Å². The minimum Gasteiger partial charge on any atom is -0.398 e. The minimum atomic E-state index is -0.0436. The van der Waals surface area contributed by atoms with Crippen LogP contribution in [0.3, 0.4) is 0 Å². The van der Waals surface area contributed by atoms with Gasteiger partial charge < -0.3 is 5.73 Å². The number of anilines is 1. The Morgan fingerprint density at radius 3 is 2.29 bits per heavy atom. The van der Waals surface area contributed by atoms with Crippen molar-refractivity contribution in [2.45, 2.75) is 0 Å². The molecule has 2 nitrogen and oxygen atoms in total. The van der Waals surface area contributed by atoms with Gasteiger partial charge in [-0.1, -0.05) is 46.3 Å². The molecule has 0 aliphatic rings. The summed E-state index contributed by atoms with van der Waals surface area (Å²) >= 11 is 6.92. The molecule has 0 amide bonds. The molecule has 0 aromatic heterocycles. The molecule has 4 heteroatoms. The third-order valence-corrected chi connectivity index (χ3v) is 4.97. The summed E-state index contributed by atoms with van der Waals surface area (Å²) < 4.78 is 1.61. The Hall–Kier alpha value is -1.65. The fraction of sp³-hybridized carbons (Fsp3) is 0. The van der Waals surface area contributed by atoms with Crippen LogP contribution in [0.4, 0.5) is 5.69 Å². The first kappa shape index (κ1) is 14.3. The molecule has 0 bridgehead atoms. The summed E-state index contributed by atoms with van der Waals surface area (Å²) in [6.07, 6.45) is 0. The van der Waals surface area contributed by atoms with Crippen LogP contribution in [0, 0.1) is 0 Å². The minimum absolute atomic E-state index is 0.0436. The maximum absolute atomic E-state index is 12.8. The van der Waals surface area contributed by atoms with Gasteiger partial charge in [0, 0.05) is 21.3 Å². The van der Waals surface area contributed by atoms with Crippen molar-refractivity contribution in [3.63, 3.8) is 0 Å². The lowest BCUT2D eigenvalue weighted by Crippen LogP contribution is -2.04. The zero-order valence-corrected chi connectivity index (χ0v) is 14.1. The van der Waals surface area contributed by atoms with E-state index in [0.29, 0.717) is 21.3 Å². The fourth-order valence-corrected chi connectivity index (χ4v) is 3.25. The van der Waals surface area contributed by atoms with Crippen molar-refractivity contribution < 1.29 is 4.79 Å². The van der Waals surface area contributed by atoms with Crippen molar-refractivity contribution in [2.24, 2.45) is 0 Å². The maximum atomic E-state index is 12.8. The van der Waals surface area contributed by atoms with Crippen molar-refractivity contribution in [1.82, 2.24) is 0 Å². The lowest BCUT2D eigenvalue weighted by molar-refractivity contribution is 0.103. The summed E-state index contributed by atoms with van der Waals surface area (Å²) in [5.74, 6) is -0.0436. The number of nitrogen functional groups attached to an aromatic ring is 1. The standard InChI is InChI=1S/C17H11Br2NO/c18-14-9-8-12(10-4-1-2-5-11(10)14)17(21)13-6-3-7-15(20)16(13)19/h1-9H,20H2. The number of halogens is 2. The predicted molar refractivity (Wildman–Crippen MR) is 93.6 cm³/mol. The van der Waals surface area contributed by atoms with Crippen LogP contribution >= 0.6 is 31.9 Å². The molecule has 21 heavy (non-hydrogen) atoms. The largest absolute Gasteiger partial charge is 0.398 e. The van der Waals surface area contributed by atoms with Crippen LogP contribution in [0.2, 0.25) is 0 Å². The highest BCUT2D eigenvalue weighted by molar-refractivity contribution is 9.11. The molecule has 0 spiro atoms. The van der Waals surface area contributed by atoms with Crippen molar-refractivity contribution in [1.29, 1.82) is 0 Å². The molecule has 104 valence electrons. The van der Waals surface area contributed by atoms with Gasteiger partial charge in [-0.05, 0) is 51.0 Å². The highest BCUT2D eigenvalue weighted by atomic mass is 79.9. The van der Waals surface area contributed by atoms with Gasteiger partial charge in [-0.15, -0.1) is 0 Å². The fourth-order valence-electron chi connectivity index (χ4n) is 2.33. The zero-order chi connectivity index (χ0) is 15.0. The molecule has 0 radical (unpaired) electrons. The normalized spacial score (nSPS) is 10.8. The molecule has 0 aliphatic heterocycles. The summed E-state index contributed by atoms with van der Waals surface area (Å²) in [6, 6.07) is 16.9.